The van der Waals surface area contributed by atoms with Crippen LogP contribution in [-0.2, 0) is 0 Å². The topological polar surface area (TPSA) is 12.5 Å². The van der Waals surface area contributed by atoms with Crippen LogP contribution in [0.3, 0.4) is 0 Å². The highest BCUT2D eigenvalue weighted by Gasteiger charge is 1.95. The summed E-state index contributed by atoms with van der Waals surface area (Å²) in [6.07, 6.45) is 4.30. The maximum atomic E-state index is 5.12. The summed E-state index contributed by atoms with van der Waals surface area (Å²) in [7, 11) is 1.66. The molecule has 0 N–H and O–H groups in total. The summed E-state index contributed by atoms with van der Waals surface area (Å²) < 4.78 is 5.12. The van der Waals surface area contributed by atoms with Crippen LogP contribution in [0.2, 0.25) is 0 Å². The van der Waals surface area contributed by atoms with Crippen molar-refractivity contribution in [1.29, 1.82) is 0 Å². The first-order chi connectivity index (χ1) is 7.80. The van der Waals surface area contributed by atoms with Crippen LogP contribution in [0.5, 0.6) is 5.75 Å². The van der Waals surface area contributed by atoms with Gasteiger partial charge in [-0.1, -0.05) is 32.1 Å². The fourth-order valence-electron chi connectivity index (χ4n) is 1.50. The van der Waals surface area contributed by atoms with Crippen molar-refractivity contribution in [3.63, 3.8) is 0 Å². The molecule has 0 spiro atoms. The highest BCUT2D eigenvalue weighted by molar-refractivity contribution is 5.51. The van der Waals surface area contributed by atoms with Gasteiger partial charge in [-0.3, -0.25) is 0 Å². The Morgan fingerprint density at radius 3 is 2.75 bits per heavy atom. The first-order valence-electron chi connectivity index (χ1n) is 5.74. The van der Waals surface area contributed by atoms with Crippen LogP contribution < -0.4 is 4.74 Å². The van der Waals surface area contributed by atoms with E-state index in [1.54, 1.807) is 7.11 Å². The zero-order valence-electron chi connectivity index (χ0n) is 10.4. The average Bonchev–Trinajstić information content (AvgIpc) is 2.35. The summed E-state index contributed by atoms with van der Waals surface area (Å²) in [6.45, 7) is 7.53. The van der Waals surface area contributed by atoms with Crippen molar-refractivity contribution in [1.82, 2.24) is 4.90 Å². The van der Waals surface area contributed by atoms with Gasteiger partial charge in [0, 0.05) is 12.6 Å². The van der Waals surface area contributed by atoms with Crippen LogP contribution in [0.4, 0.5) is 0 Å². The number of hydrogen-bond acceptors (Lipinski definition) is 2. The molecule has 0 saturated carbocycles. The quantitative estimate of drug-likeness (QED) is 0.728. The fourth-order valence-corrected chi connectivity index (χ4v) is 1.50. The van der Waals surface area contributed by atoms with Gasteiger partial charge in [0.1, 0.15) is 5.75 Å². The third-order valence-corrected chi connectivity index (χ3v) is 2.59. The number of methoxy groups -OCH3 is 1. The molecule has 1 aromatic rings. The molecule has 0 atom stereocenters. The van der Waals surface area contributed by atoms with Gasteiger partial charge in [-0.05, 0) is 30.8 Å². The molecule has 0 aromatic heterocycles. The number of ether oxygens (including phenoxy) is 1. The Kier molecular flexibility index (Phi) is 5.65. The zero-order valence-corrected chi connectivity index (χ0v) is 10.4. The van der Waals surface area contributed by atoms with E-state index in [9.17, 15) is 0 Å². The number of rotatable bonds is 6. The van der Waals surface area contributed by atoms with Gasteiger partial charge in [-0.15, -0.1) is 0 Å². The number of likely N-dealkylation sites (N-methyl/N-ethyl adjacent to an activating group) is 1. The van der Waals surface area contributed by atoms with Crippen LogP contribution in [0.25, 0.3) is 6.08 Å². The molecule has 0 fully saturated rings. The van der Waals surface area contributed by atoms with E-state index < -0.39 is 0 Å². The highest BCUT2D eigenvalue weighted by Crippen LogP contribution is 2.12. The van der Waals surface area contributed by atoms with E-state index in [1.165, 1.54) is 0 Å². The minimum absolute atomic E-state index is 0.782. The van der Waals surface area contributed by atoms with Crippen molar-refractivity contribution in [3.8, 4) is 5.75 Å². The molecule has 0 heterocycles. The van der Waals surface area contributed by atoms with E-state index in [4.69, 9.17) is 4.74 Å². The van der Waals surface area contributed by atoms with Gasteiger partial charge in [0.25, 0.3) is 0 Å². The summed E-state index contributed by atoms with van der Waals surface area (Å²) in [5, 5.41) is 0. The largest absolute Gasteiger partial charge is 0.496 e. The predicted molar refractivity (Wildman–Crippen MR) is 68.7 cm³/mol. The van der Waals surface area contributed by atoms with Gasteiger partial charge in [-0.2, -0.15) is 0 Å². The summed E-state index contributed by atoms with van der Waals surface area (Å²) in [4.78, 5) is 2.36. The predicted octanol–water partition coefficient (Wildman–Crippen LogP) is 2.85. The van der Waals surface area contributed by atoms with Crippen LogP contribution in [-0.4, -0.2) is 31.6 Å². The van der Waals surface area contributed by atoms with Crippen LogP contribution in [0.15, 0.2) is 24.3 Å². The third-order valence-electron chi connectivity index (χ3n) is 2.59. The normalized spacial score (nSPS) is 11.2. The first-order valence-corrected chi connectivity index (χ1v) is 5.74. The van der Waals surface area contributed by atoms with Gasteiger partial charge < -0.3 is 9.64 Å². The van der Waals surface area contributed by atoms with Gasteiger partial charge in [-0.25, -0.2) is 0 Å². The molecule has 0 bridgehead atoms. The minimum Gasteiger partial charge on any atom is -0.496 e. The second-order valence-electron chi connectivity index (χ2n) is 3.58. The SMILES string of the molecule is CCN(CC)CC=Cc1cc[c]c(OC)c1. The molecule has 16 heavy (non-hydrogen) atoms. The van der Waals surface area contributed by atoms with Crippen molar-refractivity contribution >= 4 is 6.08 Å². The number of benzene rings is 1. The first kappa shape index (κ1) is 12.8. The van der Waals surface area contributed by atoms with Crippen molar-refractivity contribution < 1.29 is 4.74 Å². The van der Waals surface area contributed by atoms with Gasteiger partial charge in [0.05, 0.1) is 7.11 Å². The van der Waals surface area contributed by atoms with E-state index in [2.05, 4.69) is 37.0 Å². The second kappa shape index (κ2) is 7.07. The van der Waals surface area contributed by atoms with Crippen LogP contribution >= 0.6 is 0 Å². The zero-order chi connectivity index (χ0) is 11.8. The molecule has 1 radical (unpaired) electrons. The Bertz CT molecular complexity index is 329. The van der Waals surface area contributed by atoms with Gasteiger partial charge in [0.2, 0.25) is 0 Å². The Morgan fingerprint density at radius 2 is 2.12 bits per heavy atom. The smallest absolute Gasteiger partial charge is 0.127 e. The van der Waals surface area contributed by atoms with E-state index >= 15 is 0 Å². The Morgan fingerprint density at radius 1 is 1.38 bits per heavy atom. The molecule has 0 aliphatic heterocycles. The molecule has 0 aliphatic rings. The summed E-state index contributed by atoms with van der Waals surface area (Å²) in [5.41, 5.74) is 1.16. The number of hydrogen-bond donors (Lipinski definition) is 0. The lowest BCUT2D eigenvalue weighted by Crippen LogP contribution is -2.22. The molecule has 0 aliphatic carbocycles. The lowest BCUT2D eigenvalue weighted by Gasteiger charge is -2.14. The maximum absolute atomic E-state index is 5.12. The van der Waals surface area contributed by atoms with Gasteiger partial charge in [0.15, 0.2) is 0 Å². The fraction of sp³-hybridized carbons (Fsp3) is 0.429. The second-order valence-corrected chi connectivity index (χ2v) is 3.58. The average molecular weight is 218 g/mol. The van der Waals surface area contributed by atoms with Crippen molar-refractivity contribution in [2.45, 2.75) is 13.8 Å². The van der Waals surface area contributed by atoms with Crippen LogP contribution in [0.1, 0.15) is 19.4 Å². The standard InChI is InChI=1S/C14H20NO/c1-4-15(5-2)11-7-9-13-8-6-10-14(12-13)16-3/h6-9,12H,4-5,11H2,1-3H3. The Balaban J connectivity index is 2.55. The molecule has 1 aromatic carbocycles. The molecule has 1 rings (SSSR count). The number of nitrogens with zero attached hydrogens (tertiary/aromatic N) is 1. The monoisotopic (exact) mass is 218 g/mol. The highest BCUT2D eigenvalue weighted by atomic mass is 16.5. The van der Waals surface area contributed by atoms with E-state index in [0.717, 1.165) is 30.9 Å². The molecule has 0 saturated heterocycles. The lowest BCUT2D eigenvalue weighted by molar-refractivity contribution is 0.338. The third kappa shape index (κ3) is 4.07. The van der Waals surface area contributed by atoms with Crippen molar-refractivity contribution in [2.75, 3.05) is 26.7 Å². The molecular formula is C14H20NO. The minimum atomic E-state index is 0.782. The molecule has 0 unspecified atom stereocenters. The van der Waals surface area contributed by atoms with Crippen molar-refractivity contribution in [2.24, 2.45) is 0 Å². The summed E-state index contributed by atoms with van der Waals surface area (Å²) >= 11 is 0. The summed E-state index contributed by atoms with van der Waals surface area (Å²) in [6, 6.07) is 8.91. The van der Waals surface area contributed by atoms with E-state index in [-0.39, 0.29) is 0 Å². The van der Waals surface area contributed by atoms with Gasteiger partial charge >= 0.3 is 0 Å². The molecule has 87 valence electrons. The van der Waals surface area contributed by atoms with E-state index in [0.29, 0.717) is 0 Å². The van der Waals surface area contributed by atoms with Crippen LogP contribution in [0, 0.1) is 6.07 Å². The summed E-state index contributed by atoms with van der Waals surface area (Å²) in [5.74, 6) is 0.782. The maximum Gasteiger partial charge on any atom is 0.127 e. The molecule has 2 nitrogen and oxygen atoms in total. The van der Waals surface area contributed by atoms with E-state index in [1.807, 2.05) is 18.2 Å². The Labute approximate surface area is 98.5 Å². The molecule has 2 heteroatoms. The lowest BCUT2D eigenvalue weighted by atomic mass is 10.2. The van der Waals surface area contributed by atoms with Crippen molar-refractivity contribution in [3.05, 3.63) is 35.9 Å². The molecular weight excluding hydrogens is 198 g/mol. The molecule has 0 amide bonds. The Hall–Kier alpha value is -1.28.